The van der Waals surface area contributed by atoms with Gasteiger partial charge in [-0.25, -0.2) is 0 Å². The maximum Gasteiger partial charge on any atom is 0.323 e. The fraction of sp³-hybridized carbons (Fsp3) is 0.250. The number of hydrogen-bond acceptors (Lipinski definition) is 3. The van der Waals surface area contributed by atoms with Crippen LogP contribution < -0.4 is 0 Å². The average molecular weight is 322 g/mol. The average Bonchev–Trinajstić information content (AvgIpc) is 2.96. The number of nitrogens with zero attached hydrogens (tertiary/aromatic N) is 1. The van der Waals surface area contributed by atoms with Gasteiger partial charge in [0.05, 0.1) is 11.8 Å². The third-order valence-corrected chi connectivity index (χ3v) is 3.45. The van der Waals surface area contributed by atoms with Gasteiger partial charge in [0.15, 0.2) is 0 Å². The quantitative estimate of drug-likeness (QED) is 0.886. The van der Waals surface area contributed by atoms with Crippen molar-refractivity contribution in [3.63, 3.8) is 0 Å². The zero-order chi connectivity index (χ0) is 16.1. The molecule has 0 radical (unpaired) electrons. The van der Waals surface area contributed by atoms with Crippen molar-refractivity contribution in [2.75, 3.05) is 6.54 Å². The first-order chi connectivity index (χ1) is 10.5. The first kappa shape index (κ1) is 16.1. The Morgan fingerprint density at radius 3 is 2.50 bits per heavy atom. The second-order valence-corrected chi connectivity index (χ2v) is 5.23. The van der Waals surface area contributed by atoms with Crippen molar-refractivity contribution in [1.82, 2.24) is 4.90 Å². The van der Waals surface area contributed by atoms with Crippen molar-refractivity contribution in [2.24, 2.45) is 0 Å². The summed E-state index contributed by atoms with van der Waals surface area (Å²) in [7, 11) is 0. The summed E-state index contributed by atoms with van der Waals surface area (Å²) in [5.41, 5.74) is 1.21. The van der Waals surface area contributed by atoms with Gasteiger partial charge in [-0.3, -0.25) is 9.59 Å². The summed E-state index contributed by atoms with van der Waals surface area (Å²) >= 11 is 5.83. The molecule has 0 atom stereocenters. The monoisotopic (exact) mass is 321 g/mol. The van der Waals surface area contributed by atoms with Gasteiger partial charge >= 0.3 is 5.97 Å². The smallest absolute Gasteiger partial charge is 0.323 e. The Labute approximate surface area is 133 Å². The highest BCUT2D eigenvalue weighted by molar-refractivity contribution is 6.30. The number of aryl methyl sites for hydroxylation is 1. The summed E-state index contributed by atoms with van der Waals surface area (Å²) in [5.74, 6) is -0.872. The molecule has 0 bridgehead atoms. The molecule has 1 aromatic heterocycles. The van der Waals surface area contributed by atoms with Gasteiger partial charge in [0.2, 0.25) is 0 Å². The molecule has 2 aromatic rings. The molecular weight excluding hydrogens is 306 g/mol. The molecule has 0 saturated heterocycles. The summed E-state index contributed by atoms with van der Waals surface area (Å²) < 4.78 is 5.24. The number of amides is 1. The number of halogens is 1. The number of furan rings is 1. The predicted molar refractivity (Wildman–Crippen MR) is 81.9 cm³/mol. The van der Waals surface area contributed by atoms with Crippen molar-refractivity contribution in [3.05, 3.63) is 58.5 Å². The van der Waals surface area contributed by atoms with Crippen LogP contribution in [-0.4, -0.2) is 28.4 Å². The Bertz CT molecular complexity index is 663. The molecule has 1 amide bonds. The molecule has 0 saturated carbocycles. The summed E-state index contributed by atoms with van der Waals surface area (Å²) in [6.45, 7) is 1.68. The maximum atomic E-state index is 12.6. The van der Waals surface area contributed by atoms with E-state index in [1.807, 2.05) is 6.92 Å². The molecule has 1 heterocycles. The normalized spacial score (nSPS) is 10.5. The molecule has 22 heavy (non-hydrogen) atoms. The zero-order valence-electron chi connectivity index (χ0n) is 12.1. The minimum atomic E-state index is -1.07. The third-order valence-electron chi connectivity index (χ3n) is 3.20. The fourth-order valence-corrected chi connectivity index (χ4v) is 2.27. The first-order valence-electron chi connectivity index (χ1n) is 6.83. The van der Waals surface area contributed by atoms with Crippen LogP contribution in [0.1, 0.15) is 28.6 Å². The summed E-state index contributed by atoms with van der Waals surface area (Å²) in [5, 5.41) is 9.63. The lowest BCUT2D eigenvalue weighted by Gasteiger charge is -2.20. The van der Waals surface area contributed by atoms with Gasteiger partial charge in [-0.2, -0.15) is 0 Å². The topological polar surface area (TPSA) is 70.8 Å². The molecule has 0 aliphatic heterocycles. The highest BCUT2D eigenvalue weighted by atomic mass is 35.5. The van der Waals surface area contributed by atoms with Crippen LogP contribution in [0.5, 0.6) is 0 Å². The Kier molecular flexibility index (Phi) is 5.22. The number of rotatable bonds is 6. The first-order valence-corrected chi connectivity index (χ1v) is 7.21. The van der Waals surface area contributed by atoms with Crippen LogP contribution in [0.4, 0.5) is 0 Å². The Morgan fingerprint density at radius 1 is 1.23 bits per heavy atom. The van der Waals surface area contributed by atoms with E-state index in [1.54, 1.807) is 30.3 Å². The lowest BCUT2D eigenvalue weighted by molar-refractivity contribution is -0.137. The van der Waals surface area contributed by atoms with Crippen molar-refractivity contribution in [3.8, 4) is 0 Å². The molecule has 0 fully saturated rings. The molecule has 6 heteroatoms. The van der Waals surface area contributed by atoms with Gasteiger partial charge in [-0.15, -0.1) is 0 Å². The van der Waals surface area contributed by atoms with Crippen LogP contribution in [0.2, 0.25) is 5.02 Å². The van der Waals surface area contributed by atoms with Crippen molar-refractivity contribution >= 4 is 23.5 Å². The van der Waals surface area contributed by atoms with E-state index in [2.05, 4.69) is 0 Å². The van der Waals surface area contributed by atoms with Gasteiger partial charge in [0, 0.05) is 18.0 Å². The van der Waals surface area contributed by atoms with E-state index in [9.17, 15) is 9.59 Å². The second-order valence-electron chi connectivity index (χ2n) is 4.79. The van der Waals surface area contributed by atoms with Gasteiger partial charge in [0.1, 0.15) is 12.3 Å². The minimum absolute atomic E-state index is 0.191. The number of carboxylic acids is 1. The lowest BCUT2D eigenvalue weighted by atomic mass is 10.1. The number of carbonyl (C=O) groups is 2. The summed E-state index contributed by atoms with van der Waals surface area (Å²) in [4.78, 5) is 24.9. The molecule has 116 valence electrons. The molecule has 1 N–H and O–H groups in total. The van der Waals surface area contributed by atoms with Crippen LogP contribution in [0.15, 0.2) is 41.0 Å². The fourth-order valence-electron chi connectivity index (χ4n) is 2.15. The van der Waals surface area contributed by atoms with E-state index in [4.69, 9.17) is 21.1 Å². The van der Waals surface area contributed by atoms with Crippen molar-refractivity contribution in [1.29, 1.82) is 0 Å². The van der Waals surface area contributed by atoms with Crippen molar-refractivity contribution < 1.29 is 19.1 Å². The van der Waals surface area contributed by atoms with Crippen molar-refractivity contribution in [2.45, 2.75) is 19.9 Å². The number of hydrogen-bond donors (Lipinski definition) is 1. The molecular formula is C16H16ClNO4. The van der Waals surface area contributed by atoms with E-state index in [-0.39, 0.29) is 19.0 Å². The Morgan fingerprint density at radius 2 is 1.91 bits per heavy atom. The largest absolute Gasteiger partial charge is 0.480 e. The molecule has 2 rings (SSSR count). The highest BCUT2D eigenvalue weighted by Crippen LogP contribution is 2.17. The molecule has 0 unspecified atom stereocenters. The van der Waals surface area contributed by atoms with Crippen LogP contribution in [0, 0.1) is 0 Å². The summed E-state index contributed by atoms with van der Waals surface area (Å²) in [6.07, 6.45) is 2.00. The standard InChI is InChI=1S/C16H16ClNO4/c1-2-14-13(7-8-22-14)16(21)18(10-15(19)20)9-11-3-5-12(17)6-4-11/h3-8H,2,9-10H2,1H3,(H,19,20). The van der Waals surface area contributed by atoms with Crippen LogP contribution in [-0.2, 0) is 17.8 Å². The number of carboxylic acid groups (broad SMARTS) is 1. The van der Waals surface area contributed by atoms with E-state index in [0.29, 0.717) is 22.8 Å². The molecule has 5 nitrogen and oxygen atoms in total. The van der Waals surface area contributed by atoms with Gasteiger partial charge in [-0.1, -0.05) is 30.7 Å². The second kappa shape index (κ2) is 7.13. The molecule has 0 aliphatic carbocycles. The lowest BCUT2D eigenvalue weighted by Crippen LogP contribution is -2.35. The predicted octanol–water partition coefficient (Wildman–Crippen LogP) is 3.22. The van der Waals surface area contributed by atoms with Gasteiger partial charge in [-0.05, 0) is 23.8 Å². The number of benzene rings is 1. The number of carbonyl (C=O) groups excluding carboxylic acids is 1. The molecule has 0 aliphatic rings. The van der Waals surface area contributed by atoms with E-state index in [1.165, 1.54) is 11.2 Å². The maximum absolute atomic E-state index is 12.6. The van der Waals surface area contributed by atoms with E-state index >= 15 is 0 Å². The van der Waals surface area contributed by atoms with E-state index in [0.717, 1.165) is 5.56 Å². The van der Waals surface area contributed by atoms with Gasteiger partial charge < -0.3 is 14.4 Å². The molecule has 0 spiro atoms. The van der Waals surface area contributed by atoms with E-state index < -0.39 is 5.97 Å². The van der Waals surface area contributed by atoms with Crippen LogP contribution in [0.3, 0.4) is 0 Å². The Hall–Kier alpha value is -2.27. The summed E-state index contributed by atoms with van der Waals surface area (Å²) in [6, 6.07) is 8.50. The van der Waals surface area contributed by atoms with Crippen LogP contribution in [0.25, 0.3) is 0 Å². The Balaban J connectivity index is 2.23. The minimum Gasteiger partial charge on any atom is -0.480 e. The zero-order valence-corrected chi connectivity index (χ0v) is 12.8. The SMILES string of the molecule is CCc1occc1C(=O)N(CC(=O)O)Cc1ccc(Cl)cc1. The van der Waals surface area contributed by atoms with Crippen LogP contribution >= 0.6 is 11.6 Å². The third kappa shape index (κ3) is 3.89. The highest BCUT2D eigenvalue weighted by Gasteiger charge is 2.22. The number of aliphatic carboxylic acids is 1. The molecule has 1 aromatic carbocycles. The van der Waals surface area contributed by atoms with Gasteiger partial charge in [0.25, 0.3) is 5.91 Å².